The van der Waals surface area contributed by atoms with Crippen molar-refractivity contribution in [2.45, 2.75) is 52.7 Å². The van der Waals surface area contributed by atoms with Gasteiger partial charge in [-0.25, -0.2) is 4.79 Å². The Morgan fingerprint density at radius 1 is 1.16 bits per heavy atom. The second-order valence-electron chi connectivity index (χ2n) is 9.70. The van der Waals surface area contributed by atoms with Crippen LogP contribution in [0, 0.1) is 6.92 Å². The van der Waals surface area contributed by atoms with Crippen molar-refractivity contribution < 1.29 is 9.59 Å². The lowest BCUT2D eigenvalue weighted by atomic mass is 10.1. The van der Waals surface area contributed by atoms with Gasteiger partial charge in [-0.15, -0.1) is 11.3 Å². The summed E-state index contributed by atoms with van der Waals surface area (Å²) in [5.41, 5.74) is 2.86. The smallest absolute Gasteiger partial charge is 0.318 e. The van der Waals surface area contributed by atoms with Crippen molar-refractivity contribution in [3.63, 3.8) is 0 Å². The number of nitrogens with one attached hydrogen (secondary N) is 1. The van der Waals surface area contributed by atoms with Gasteiger partial charge in [-0.3, -0.25) is 4.79 Å². The predicted molar refractivity (Wildman–Crippen MR) is 130 cm³/mol. The molecule has 1 unspecified atom stereocenters. The van der Waals surface area contributed by atoms with E-state index >= 15 is 0 Å². The number of aromatic nitrogens is 1. The maximum Gasteiger partial charge on any atom is 0.318 e. The van der Waals surface area contributed by atoms with Crippen molar-refractivity contribution in [1.29, 1.82) is 0 Å². The summed E-state index contributed by atoms with van der Waals surface area (Å²) in [6.07, 6.45) is 0. The van der Waals surface area contributed by atoms with Gasteiger partial charge in [-0.05, 0) is 63.3 Å². The summed E-state index contributed by atoms with van der Waals surface area (Å²) in [6.45, 7) is 12.3. The second kappa shape index (κ2) is 8.62. The predicted octanol–water partition coefficient (Wildman–Crippen LogP) is 4.71. The molecule has 0 saturated carbocycles. The van der Waals surface area contributed by atoms with Crippen LogP contribution >= 0.6 is 11.3 Å². The molecule has 0 bridgehead atoms. The number of rotatable bonds is 3. The van der Waals surface area contributed by atoms with Gasteiger partial charge in [0.1, 0.15) is 10.5 Å². The van der Waals surface area contributed by atoms with Gasteiger partial charge in [0, 0.05) is 43.1 Å². The number of nitrogens with zero attached hydrogens (tertiary/aromatic N) is 3. The number of benzene rings is 1. The highest BCUT2D eigenvalue weighted by molar-refractivity contribution is 7.16. The van der Waals surface area contributed by atoms with E-state index in [-0.39, 0.29) is 23.5 Å². The third-order valence-corrected chi connectivity index (χ3v) is 6.92. The average Bonchev–Trinajstić information content (AvgIpc) is 3.30. The van der Waals surface area contributed by atoms with Crippen molar-refractivity contribution in [2.75, 3.05) is 19.6 Å². The minimum absolute atomic E-state index is 0.0321. The highest BCUT2D eigenvalue weighted by atomic mass is 32.1. The molecule has 1 aromatic carbocycles. The minimum Gasteiger partial charge on any atom is -0.334 e. The zero-order valence-electron chi connectivity index (χ0n) is 19.5. The maximum absolute atomic E-state index is 13.6. The van der Waals surface area contributed by atoms with Gasteiger partial charge in [0.15, 0.2) is 0 Å². The highest BCUT2D eigenvalue weighted by Crippen LogP contribution is 2.28. The van der Waals surface area contributed by atoms with Gasteiger partial charge in [-0.2, -0.15) is 0 Å². The van der Waals surface area contributed by atoms with E-state index in [1.54, 1.807) is 11.3 Å². The van der Waals surface area contributed by atoms with Gasteiger partial charge in [0.2, 0.25) is 0 Å². The lowest BCUT2D eigenvalue weighted by Gasteiger charge is -2.41. The van der Waals surface area contributed by atoms with Gasteiger partial charge in [-0.1, -0.05) is 24.3 Å². The molecule has 1 saturated heterocycles. The molecule has 1 N–H and O–H groups in total. The first-order chi connectivity index (χ1) is 15.1. The molecular weight excluding hydrogens is 420 g/mol. The Balaban J connectivity index is 1.55. The normalized spacial score (nSPS) is 17.1. The van der Waals surface area contributed by atoms with E-state index in [2.05, 4.69) is 40.4 Å². The molecule has 3 heterocycles. The van der Waals surface area contributed by atoms with Crippen LogP contribution in [0.25, 0.3) is 10.2 Å². The van der Waals surface area contributed by atoms with Crippen LogP contribution in [-0.2, 0) is 6.54 Å². The van der Waals surface area contributed by atoms with Gasteiger partial charge < -0.3 is 19.7 Å². The summed E-state index contributed by atoms with van der Waals surface area (Å²) in [6, 6.07) is 12.3. The summed E-state index contributed by atoms with van der Waals surface area (Å²) in [5, 5.41) is 6.20. The van der Waals surface area contributed by atoms with Crippen molar-refractivity contribution in [3.8, 4) is 0 Å². The van der Waals surface area contributed by atoms with E-state index in [1.165, 1.54) is 11.1 Å². The van der Waals surface area contributed by atoms with Gasteiger partial charge in [0.25, 0.3) is 5.91 Å². The molecule has 1 aliphatic heterocycles. The van der Waals surface area contributed by atoms with Crippen LogP contribution in [-0.4, -0.2) is 57.5 Å². The molecule has 3 aromatic rings. The molecule has 4 rings (SSSR count). The Morgan fingerprint density at radius 3 is 2.59 bits per heavy atom. The Morgan fingerprint density at radius 2 is 1.91 bits per heavy atom. The first-order valence-corrected chi connectivity index (χ1v) is 12.0. The Kier molecular flexibility index (Phi) is 6.03. The van der Waals surface area contributed by atoms with Crippen LogP contribution in [0.4, 0.5) is 4.79 Å². The summed E-state index contributed by atoms with van der Waals surface area (Å²) in [7, 11) is 0. The Labute approximate surface area is 193 Å². The summed E-state index contributed by atoms with van der Waals surface area (Å²) < 4.78 is 2.15. The van der Waals surface area contributed by atoms with Crippen LogP contribution in [0.1, 0.15) is 49.3 Å². The molecular formula is C25H32N4O2S. The lowest BCUT2D eigenvalue weighted by molar-refractivity contribution is 0.0564. The molecule has 0 radical (unpaired) electrons. The number of piperazine rings is 1. The number of aryl methyl sites for hydroxylation is 1. The molecule has 170 valence electrons. The minimum atomic E-state index is -0.286. The quantitative estimate of drug-likeness (QED) is 0.625. The molecule has 32 heavy (non-hydrogen) atoms. The second-order valence-corrected chi connectivity index (χ2v) is 10.6. The maximum atomic E-state index is 13.6. The fraction of sp³-hybridized carbons (Fsp3) is 0.440. The lowest BCUT2D eigenvalue weighted by Crippen LogP contribution is -2.59. The number of urea groups is 1. The zero-order chi connectivity index (χ0) is 23.0. The fourth-order valence-corrected chi connectivity index (χ4v) is 5.16. The van der Waals surface area contributed by atoms with Crippen molar-refractivity contribution in [1.82, 2.24) is 19.7 Å². The molecule has 3 amide bonds. The van der Waals surface area contributed by atoms with E-state index in [4.69, 9.17) is 0 Å². The molecule has 0 aliphatic carbocycles. The van der Waals surface area contributed by atoms with Crippen LogP contribution < -0.4 is 5.32 Å². The topological polar surface area (TPSA) is 57.6 Å². The summed E-state index contributed by atoms with van der Waals surface area (Å²) in [5.74, 6) is 0.0321. The highest BCUT2D eigenvalue weighted by Gasteiger charge is 2.32. The van der Waals surface area contributed by atoms with E-state index in [1.807, 2.05) is 55.7 Å². The van der Waals surface area contributed by atoms with Gasteiger partial charge in [0.05, 0.1) is 0 Å². The number of carbonyl (C=O) groups excluding carboxylic acids is 2. The first-order valence-electron chi connectivity index (χ1n) is 11.1. The number of hydrogen-bond acceptors (Lipinski definition) is 3. The average molecular weight is 453 g/mol. The van der Waals surface area contributed by atoms with Crippen molar-refractivity contribution >= 4 is 33.5 Å². The molecule has 0 spiro atoms. The first kappa shape index (κ1) is 22.4. The molecule has 1 fully saturated rings. The SMILES string of the molecule is Cc1ccccc1Cn1c(C(=O)N2CCN(C(=O)NC(C)(C)C)C(C)C2)cc2ccsc21. The van der Waals surface area contributed by atoms with Crippen LogP contribution in [0.2, 0.25) is 0 Å². The van der Waals surface area contributed by atoms with E-state index in [0.29, 0.717) is 26.2 Å². The number of amides is 3. The number of fused-ring (bicyclic) bond motifs is 1. The van der Waals surface area contributed by atoms with E-state index in [9.17, 15) is 9.59 Å². The fourth-order valence-electron chi connectivity index (χ4n) is 4.27. The number of thiophene rings is 1. The van der Waals surface area contributed by atoms with Crippen molar-refractivity contribution in [3.05, 3.63) is 58.6 Å². The van der Waals surface area contributed by atoms with E-state index in [0.717, 1.165) is 15.9 Å². The third kappa shape index (κ3) is 4.53. The van der Waals surface area contributed by atoms with Crippen LogP contribution in [0.15, 0.2) is 41.8 Å². The number of carbonyl (C=O) groups is 2. The largest absolute Gasteiger partial charge is 0.334 e. The summed E-state index contributed by atoms with van der Waals surface area (Å²) in [4.78, 5) is 31.1. The molecule has 2 aromatic heterocycles. The molecule has 1 aliphatic rings. The van der Waals surface area contributed by atoms with Crippen LogP contribution in [0.3, 0.4) is 0 Å². The third-order valence-electron chi connectivity index (χ3n) is 5.97. The molecule has 6 nitrogen and oxygen atoms in total. The summed E-state index contributed by atoms with van der Waals surface area (Å²) >= 11 is 1.67. The van der Waals surface area contributed by atoms with Gasteiger partial charge >= 0.3 is 6.03 Å². The van der Waals surface area contributed by atoms with Crippen LogP contribution in [0.5, 0.6) is 0 Å². The number of hydrogen-bond donors (Lipinski definition) is 1. The Hall–Kier alpha value is -2.80. The monoisotopic (exact) mass is 452 g/mol. The zero-order valence-corrected chi connectivity index (χ0v) is 20.3. The molecule has 1 atom stereocenters. The standard InChI is InChI=1S/C25H32N4O2S/c1-17-8-6-7-9-20(17)16-29-21(14-19-10-13-32-23(19)29)22(30)27-11-12-28(18(2)15-27)24(31)26-25(3,4)5/h6-10,13-14,18H,11-12,15-16H2,1-5H3,(H,26,31). The van der Waals surface area contributed by atoms with Crippen molar-refractivity contribution in [2.24, 2.45) is 0 Å². The molecule has 7 heteroatoms. The van der Waals surface area contributed by atoms with E-state index < -0.39 is 0 Å². The Bertz CT molecular complexity index is 1140.